The van der Waals surface area contributed by atoms with Gasteiger partial charge in [0.05, 0.1) is 27.6 Å². The number of quaternary nitrogens is 1. The van der Waals surface area contributed by atoms with Gasteiger partial charge in [-0.3, -0.25) is 4.79 Å². The van der Waals surface area contributed by atoms with Crippen LogP contribution in [0.15, 0.2) is 0 Å². The largest absolute Gasteiger partial charge is 1.00 e. The molecule has 0 radical (unpaired) electrons. The molecule has 0 aromatic heterocycles. The Labute approximate surface area is 79.3 Å². The van der Waals surface area contributed by atoms with Crippen LogP contribution >= 0.6 is 0 Å². The highest BCUT2D eigenvalue weighted by Crippen LogP contribution is 1.97. The fraction of sp³-hybridized carbons (Fsp3) is 0.857. The molecule has 0 spiro atoms. The number of aliphatic hydroxyl groups excluding tert-OH is 1. The van der Waals surface area contributed by atoms with Crippen molar-refractivity contribution in [3.8, 4) is 0 Å². The third-order valence-corrected chi connectivity index (χ3v) is 1.20. The summed E-state index contributed by atoms with van der Waals surface area (Å²) in [5.41, 5.74) is 4.91. The number of halogens is 1. The lowest BCUT2D eigenvalue weighted by Crippen LogP contribution is -3.00. The van der Waals surface area contributed by atoms with E-state index in [0.29, 0.717) is 11.0 Å². The van der Waals surface area contributed by atoms with Crippen molar-refractivity contribution < 1.29 is 26.8 Å². The lowest BCUT2D eigenvalue weighted by molar-refractivity contribution is -0.873. The van der Waals surface area contributed by atoms with Crippen molar-refractivity contribution in [2.24, 2.45) is 5.73 Å². The molecule has 0 saturated carbocycles. The van der Waals surface area contributed by atoms with Gasteiger partial charge < -0.3 is 27.7 Å². The first-order chi connectivity index (χ1) is 4.81. The molecule has 12 heavy (non-hydrogen) atoms. The average molecular weight is 197 g/mol. The van der Waals surface area contributed by atoms with Crippen LogP contribution in [0.2, 0.25) is 0 Å². The van der Waals surface area contributed by atoms with Crippen LogP contribution < -0.4 is 18.1 Å². The molecule has 5 heteroatoms. The molecule has 0 bridgehead atoms. The fourth-order valence-corrected chi connectivity index (χ4v) is 0.929. The normalized spacial score (nSPS) is 13.3. The molecular formula is C7H17ClN2O2. The standard InChI is InChI=1S/C7H16N2O2.ClH/c1-9(2,3)5-6(10)4-7(8)11;/h6,10H,4-5H2,1-3H3,(H-,8,11);1H/t6-;/m0./s1. The number of carbonyl (C=O) groups excluding carboxylic acids is 1. The quantitative estimate of drug-likeness (QED) is 0.450. The van der Waals surface area contributed by atoms with Crippen molar-refractivity contribution in [2.75, 3.05) is 27.7 Å². The first-order valence-corrected chi connectivity index (χ1v) is 3.58. The summed E-state index contributed by atoms with van der Waals surface area (Å²) in [6, 6.07) is 0. The van der Waals surface area contributed by atoms with Gasteiger partial charge in [0.2, 0.25) is 5.91 Å². The molecule has 1 atom stereocenters. The summed E-state index contributed by atoms with van der Waals surface area (Å²) >= 11 is 0. The molecule has 0 fully saturated rings. The van der Waals surface area contributed by atoms with Crippen LogP contribution in [0.1, 0.15) is 6.42 Å². The third kappa shape index (κ3) is 9.68. The second-order valence-corrected chi connectivity index (χ2v) is 3.80. The van der Waals surface area contributed by atoms with Gasteiger partial charge in [-0.15, -0.1) is 0 Å². The van der Waals surface area contributed by atoms with Crippen molar-refractivity contribution in [2.45, 2.75) is 12.5 Å². The predicted molar refractivity (Wildman–Crippen MR) is 42.7 cm³/mol. The average Bonchev–Trinajstić information content (AvgIpc) is 1.53. The second-order valence-electron chi connectivity index (χ2n) is 3.80. The minimum Gasteiger partial charge on any atom is -1.00 e. The van der Waals surface area contributed by atoms with Gasteiger partial charge in [0, 0.05) is 0 Å². The molecule has 4 nitrogen and oxygen atoms in total. The molecular weight excluding hydrogens is 180 g/mol. The molecule has 74 valence electrons. The van der Waals surface area contributed by atoms with E-state index in [9.17, 15) is 9.90 Å². The molecule has 0 aromatic rings. The second kappa shape index (κ2) is 5.35. The highest BCUT2D eigenvalue weighted by molar-refractivity contribution is 5.74. The van der Waals surface area contributed by atoms with Crippen LogP contribution in [0.25, 0.3) is 0 Å². The van der Waals surface area contributed by atoms with Crippen molar-refractivity contribution >= 4 is 5.91 Å². The Morgan fingerprint density at radius 1 is 1.50 bits per heavy atom. The minimum atomic E-state index is -0.618. The van der Waals surface area contributed by atoms with E-state index in [1.54, 1.807) is 0 Å². The summed E-state index contributed by atoms with van der Waals surface area (Å²) < 4.78 is 0.633. The molecule has 1 amide bonds. The zero-order valence-electron chi connectivity index (χ0n) is 7.75. The predicted octanol–water partition coefficient (Wildman–Crippen LogP) is -4.07. The maximum atomic E-state index is 10.4. The van der Waals surface area contributed by atoms with Crippen LogP contribution in [-0.4, -0.2) is 49.3 Å². The van der Waals surface area contributed by atoms with Crippen LogP contribution in [0.3, 0.4) is 0 Å². The van der Waals surface area contributed by atoms with E-state index in [-0.39, 0.29) is 18.8 Å². The lowest BCUT2D eigenvalue weighted by Gasteiger charge is -2.26. The first kappa shape index (κ1) is 14.2. The maximum Gasteiger partial charge on any atom is 0.220 e. The molecule has 0 heterocycles. The zero-order valence-corrected chi connectivity index (χ0v) is 8.51. The number of aliphatic hydroxyl groups is 1. The Balaban J connectivity index is 0. The molecule has 0 unspecified atom stereocenters. The van der Waals surface area contributed by atoms with Gasteiger partial charge in [-0.05, 0) is 0 Å². The van der Waals surface area contributed by atoms with Crippen molar-refractivity contribution in [3.05, 3.63) is 0 Å². The molecule has 3 N–H and O–H groups in total. The van der Waals surface area contributed by atoms with Gasteiger partial charge in [0.1, 0.15) is 12.6 Å². The van der Waals surface area contributed by atoms with Gasteiger partial charge in [-0.25, -0.2) is 0 Å². The number of primary amides is 1. The van der Waals surface area contributed by atoms with Crippen LogP contribution in [0, 0.1) is 0 Å². The fourth-order valence-electron chi connectivity index (χ4n) is 0.929. The van der Waals surface area contributed by atoms with E-state index in [2.05, 4.69) is 0 Å². The number of likely N-dealkylation sites (N-methyl/N-ethyl adjacent to an activating group) is 1. The molecule has 0 aliphatic rings. The summed E-state index contributed by atoms with van der Waals surface area (Å²) in [7, 11) is 5.85. The monoisotopic (exact) mass is 196 g/mol. The van der Waals surface area contributed by atoms with E-state index in [1.807, 2.05) is 21.1 Å². The molecule has 0 aliphatic heterocycles. The zero-order chi connectivity index (χ0) is 9.07. The van der Waals surface area contributed by atoms with Gasteiger partial charge >= 0.3 is 0 Å². The van der Waals surface area contributed by atoms with E-state index < -0.39 is 12.0 Å². The maximum absolute atomic E-state index is 10.4. The Morgan fingerprint density at radius 2 is 1.92 bits per heavy atom. The van der Waals surface area contributed by atoms with Crippen LogP contribution in [0.4, 0.5) is 0 Å². The highest BCUT2D eigenvalue weighted by Gasteiger charge is 2.16. The summed E-state index contributed by atoms with van der Waals surface area (Å²) in [5, 5.41) is 9.24. The van der Waals surface area contributed by atoms with Gasteiger partial charge in [-0.1, -0.05) is 0 Å². The summed E-state index contributed by atoms with van der Waals surface area (Å²) in [6.45, 7) is 0.545. The van der Waals surface area contributed by atoms with Gasteiger partial charge in [0.25, 0.3) is 0 Å². The minimum absolute atomic E-state index is 0. The van der Waals surface area contributed by atoms with Crippen LogP contribution in [-0.2, 0) is 4.79 Å². The van der Waals surface area contributed by atoms with Crippen LogP contribution in [0.5, 0.6) is 0 Å². The Bertz CT molecular complexity index is 145. The number of carbonyl (C=O) groups is 1. The molecule has 0 saturated heterocycles. The first-order valence-electron chi connectivity index (χ1n) is 3.58. The summed E-state index contributed by atoms with van der Waals surface area (Å²) in [4.78, 5) is 10.4. The van der Waals surface area contributed by atoms with E-state index in [4.69, 9.17) is 5.73 Å². The van der Waals surface area contributed by atoms with E-state index in [0.717, 1.165) is 0 Å². The number of amides is 1. The van der Waals surface area contributed by atoms with Gasteiger partial charge in [-0.2, -0.15) is 0 Å². The van der Waals surface area contributed by atoms with E-state index >= 15 is 0 Å². The SMILES string of the molecule is C[N+](C)(C)C[C@@H](O)CC(N)=O.[Cl-]. The number of rotatable bonds is 4. The molecule has 0 rings (SSSR count). The third-order valence-electron chi connectivity index (χ3n) is 1.20. The number of hydrogen-bond donors (Lipinski definition) is 2. The van der Waals surface area contributed by atoms with Gasteiger partial charge in [0.15, 0.2) is 0 Å². The smallest absolute Gasteiger partial charge is 0.220 e. The Hall–Kier alpha value is -0.320. The molecule has 0 aromatic carbocycles. The van der Waals surface area contributed by atoms with Crippen molar-refractivity contribution in [1.29, 1.82) is 0 Å². The lowest BCUT2D eigenvalue weighted by atomic mass is 10.2. The number of nitrogens with zero attached hydrogens (tertiary/aromatic N) is 1. The Kier molecular flexibility index (Phi) is 6.34. The Morgan fingerprint density at radius 3 is 2.17 bits per heavy atom. The number of nitrogens with two attached hydrogens (primary N) is 1. The van der Waals surface area contributed by atoms with Crippen molar-refractivity contribution in [3.63, 3.8) is 0 Å². The molecule has 0 aliphatic carbocycles. The summed E-state index contributed by atoms with van der Waals surface area (Å²) in [6.07, 6.45) is -0.567. The highest BCUT2D eigenvalue weighted by atomic mass is 35.5. The number of hydrogen-bond acceptors (Lipinski definition) is 2. The summed E-state index contributed by atoms with van der Waals surface area (Å²) in [5.74, 6) is -0.453. The van der Waals surface area contributed by atoms with Crippen molar-refractivity contribution in [1.82, 2.24) is 0 Å². The van der Waals surface area contributed by atoms with E-state index in [1.165, 1.54) is 0 Å². The topological polar surface area (TPSA) is 63.3 Å².